The van der Waals surface area contributed by atoms with Gasteiger partial charge in [-0.1, -0.05) is 43.2 Å². The van der Waals surface area contributed by atoms with Crippen molar-refractivity contribution >= 4 is 30.7 Å². The van der Waals surface area contributed by atoms with Gasteiger partial charge in [-0.3, -0.25) is 4.79 Å². The molecular weight excluding hydrogens is 393 g/mol. The van der Waals surface area contributed by atoms with Crippen LogP contribution in [-0.2, 0) is 11.2 Å². The van der Waals surface area contributed by atoms with Crippen LogP contribution in [0.5, 0.6) is 0 Å². The zero-order chi connectivity index (χ0) is 17.8. The Morgan fingerprint density at radius 3 is 2.68 bits per heavy atom. The summed E-state index contributed by atoms with van der Waals surface area (Å²) in [7, 11) is 0. The van der Waals surface area contributed by atoms with Crippen molar-refractivity contribution in [1.82, 2.24) is 15.5 Å². The van der Waals surface area contributed by atoms with Crippen molar-refractivity contribution in [3.05, 3.63) is 35.9 Å². The topological polar surface area (TPSA) is 44.4 Å². The van der Waals surface area contributed by atoms with Gasteiger partial charge in [-0.2, -0.15) is 0 Å². The zero-order valence-electron chi connectivity index (χ0n) is 16.6. The summed E-state index contributed by atoms with van der Waals surface area (Å²) < 4.78 is 0. The van der Waals surface area contributed by atoms with Gasteiger partial charge in [0.2, 0.25) is 5.91 Å². The number of fused-ring (bicyclic) bond motifs is 1. The molecule has 2 saturated heterocycles. The molecule has 1 saturated carbocycles. The molecule has 0 aromatic heterocycles. The number of likely N-dealkylation sites (tertiary alicyclic amines) is 1. The first-order valence-electron chi connectivity index (χ1n) is 10.6. The van der Waals surface area contributed by atoms with E-state index in [4.69, 9.17) is 0 Å². The largest absolute Gasteiger partial charge is 0.354 e. The molecule has 4 nitrogen and oxygen atoms in total. The highest BCUT2D eigenvalue weighted by Crippen LogP contribution is 2.33. The molecule has 2 aliphatic heterocycles. The number of carbonyl (C=O) groups is 1. The second kappa shape index (κ2) is 11.4. The molecule has 3 aliphatic rings. The molecule has 3 fully saturated rings. The van der Waals surface area contributed by atoms with Crippen molar-refractivity contribution in [3.8, 4) is 0 Å². The number of carbonyl (C=O) groups excluding carboxylic acids is 1. The Hall–Kier alpha value is -0.810. The highest BCUT2D eigenvalue weighted by atomic mass is 35.5. The van der Waals surface area contributed by atoms with Crippen molar-refractivity contribution in [3.63, 3.8) is 0 Å². The van der Waals surface area contributed by atoms with Gasteiger partial charge < -0.3 is 15.5 Å². The predicted molar refractivity (Wildman–Crippen MR) is 119 cm³/mol. The highest BCUT2D eigenvalue weighted by Gasteiger charge is 2.38. The molecule has 4 atom stereocenters. The summed E-state index contributed by atoms with van der Waals surface area (Å²) in [5, 5.41) is 6.84. The lowest BCUT2D eigenvalue weighted by molar-refractivity contribution is -0.123. The molecule has 4 rings (SSSR count). The van der Waals surface area contributed by atoms with Crippen LogP contribution < -0.4 is 10.6 Å². The summed E-state index contributed by atoms with van der Waals surface area (Å²) in [5.74, 6) is 1.58. The fraction of sp³-hybridized carbons (Fsp3) is 0.682. The molecule has 0 radical (unpaired) electrons. The van der Waals surface area contributed by atoms with Crippen molar-refractivity contribution in [1.29, 1.82) is 0 Å². The number of hydrogen-bond donors (Lipinski definition) is 2. The molecule has 1 amide bonds. The van der Waals surface area contributed by atoms with E-state index in [1.54, 1.807) is 0 Å². The van der Waals surface area contributed by atoms with E-state index >= 15 is 0 Å². The zero-order valence-corrected chi connectivity index (χ0v) is 18.3. The lowest BCUT2D eigenvalue weighted by Gasteiger charge is -2.24. The van der Waals surface area contributed by atoms with Crippen LogP contribution in [0.3, 0.4) is 0 Å². The van der Waals surface area contributed by atoms with Gasteiger partial charge in [0.05, 0.1) is 6.04 Å². The number of benzene rings is 1. The van der Waals surface area contributed by atoms with E-state index in [0.717, 1.165) is 38.4 Å². The molecule has 2 N–H and O–H groups in total. The minimum Gasteiger partial charge on any atom is -0.354 e. The average Bonchev–Trinajstić information content (AvgIpc) is 3.32. The van der Waals surface area contributed by atoms with Gasteiger partial charge in [-0.15, -0.1) is 24.8 Å². The Bertz CT molecular complexity index is 587. The highest BCUT2D eigenvalue weighted by molar-refractivity contribution is 5.85. The van der Waals surface area contributed by atoms with Crippen molar-refractivity contribution in [2.45, 2.75) is 57.0 Å². The van der Waals surface area contributed by atoms with E-state index < -0.39 is 0 Å². The quantitative estimate of drug-likeness (QED) is 0.730. The number of rotatable bonds is 6. The summed E-state index contributed by atoms with van der Waals surface area (Å²) >= 11 is 0. The Kier molecular flexibility index (Phi) is 9.55. The SMILES string of the molecule is Cl.Cl.O=C(NCC1CCN(CCc2ccccc2)C1)C1CC2CCCCC2N1. The van der Waals surface area contributed by atoms with Crippen LogP contribution in [0, 0.1) is 11.8 Å². The first-order valence-corrected chi connectivity index (χ1v) is 10.6. The lowest BCUT2D eigenvalue weighted by Crippen LogP contribution is -2.44. The minimum absolute atomic E-state index is 0. The summed E-state index contributed by atoms with van der Waals surface area (Å²) in [6.07, 6.45) is 8.60. The molecule has 2 heterocycles. The first-order chi connectivity index (χ1) is 12.8. The molecule has 1 aliphatic carbocycles. The molecule has 158 valence electrons. The molecule has 1 aromatic rings. The Morgan fingerprint density at radius 2 is 1.89 bits per heavy atom. The summed E-state index contributed by atoms with van der Waals surface area (Å²) in [4.78, 5) is 15.1. The van der Waals surface area contributed by atoms with E-state index in [9.17, 15) is 4.79 Å². The van der Waals surface area contributed by atoms with Crippen LogP contribution in [0.25, 0.3) is 0 Å². The van der Waals surface area contributed by atoms with Crippen LogP contribution in [0.15, 0.2) is 30.3 Å². The molecule has 1 aromatic carbocycles. The van der Waals surface area contributed by atoms with E-state index in [1.165, 1.54) is 44.2 Å². The standard InChI is InChI=1S/C22H33N3O.2ClH/c26-22(21-14-19-8-4-5-9-20(19)24-21)23-15-18-11-13-25(16-18)12-10-17-6-2-1-3-7-17;;/h1-3,6-7,18-21,24H,4-5,8-16H2,(H,23,26);2*1H. The van der Waals surface area contributed by atoms with E-state index in [0.29, 0.717) is 12.0 Å². The van der Waals surface area contributed by atoms with E-state index in [-0.39, 0.29) is 36.8 Å². The van der Waals surface area contributed by atoms with E-state index in [2.05, 4.69) is 45.9 Å². The fourth-order valence-electron chi connectivity index (χ4n) is 5.10. The number of nitrogens with one attached hydrogen (secondary N) is 2. The van der Waals surface area contributed by atoms with Crippen molar-refractivity contribution < 1.29 is 4.79 Å². The molecule has 6 heteroatoms. The summed E-state index contributed by atoms with van der Waals surface area (Å²) in [5.41, 5.74) is 1.41. The van der Waals surface area contributed by atoms with Crippen LogP contribution in [0.4, 0.5) is 0 Å². The molecular formula is C22H35Cl2N3O. The summed E-state index contributed by atoms with van der Waals surface area (Å²) in [6.45, 7) is 4.26. The maximum Gasteiger partial charge on any atom is 0.237 e. The minimum atomic E-state index is 0. The van der Waals surface area contributed by atoms with Crippen LogP contribution >= 0.6 is 24.8 Å². The number of nitrogens with zero attached hydrogens (tertiary/aromatic N) is 1. The number of halogens is 2. The van der Waals surface area contributed by atoms with Crippen LogP contribution in [0.1, 0.15) is 44.1 Å². The Labute approximate surface area is 182 Å². The molecule has 28 heavy (non-hydrogen) atoms. The average molecular weight is 428 g/mol. The maximum atomic E-state index is 12.6. The van der Waals surface area contributed by atoms with Gasteiger partial charge in [0.25, 0.3) is 0 Å². The van der Waals surface area contributed by atoms with Crippen LogP contribution in [-0.4, -0.2) is 49.1 Å². The van der Waals surface area contributed by atoms with E-state index in [1.807, 2.05) is 0 Å². The fourth-order valence-corrected chi connectivity index (χ4v) is 5.10. The predicted octanol–water partition coefficient (Wildman–Crippen LogP) is 3.43. The second-order valence-corrected chi connectivity index (χ2v) is 8.54. The summed E-state index contributed by atoms with van der Waals surface area (Å²) in [6, 6.07) is 11.4. The van der Waals surface area contributed by atoms with Crippen molar-refractivity contribution in [2.24, 2.45) is 11.8 Å². The molecule has 0 bridgehead atoms. The normalized spacial score (nSPS) is 29.4. The van der Waals surface area contributed by atoms with Gasteiger partial charge >= 0.3 is 0 Å². The maximum absolute atomic E-state index is 12.6. The first kappa shape index (κ1) is 23.5. The second-order valence-electron chi connectivity index (χ2n) is 8.54. The Morgan fingerprint density at radius 1 is 1.11 bits per heavy atom. The van der Waals surface area contributed by atoms with Gasteiger partial charge in [-0.25, -0.2) is 0 Å². The van der Waals surface area contributed by atoms with Gasteiger partial charge in [0.1, 0.15) is 0 Å². The number of amides is 1. The molecule has 0 spiro atoms. The monoisotopic (exact) mass is 427 g/mol. The third-order valence-corrected chi connectivity index (χ3v) is 6.67. The van der Waals surface area contributed by atoms with Crippen molar-refractivity contribution in [2.75, 3.05) is 26.2 Å². The van der Waals surface area contributed by atoms with Crippen LogP contribution in [0.2, 0.25) is 0 Å². The Balaban J connectivity index is 0.00000140. The van der Waals surface area contributed by atoms with Gasteiger partial charge in [0.15, 0.2) is 0 Å². The number of hydrogen-bond acceptors (Lipinski definition) is 3. The molecule has 4 unspecified atom stereocenters. The smallest absolute Gasteiger partial charge is 0.237 e. The third kappa shape index (κ3) is 6.09. The third-order valence-electron chi connectivity index (χ3n) is 6.67. The van der Waals surface area contributed by atoms with Gasteiger partial charge in [0, 0.05) is 25.7 Å². The van der Waals surface area contributed by atoms with Gasteiger partial charge in [-0.05, 0) is 56.0 Å². The lowest BCUT2D eigenvalue weighted by atomic mass is 9.85.